The third-order valence-electron chi connectivity index (χ3n) is 2.63. The van der Waals surface area contributed by atoms with Gasteiger partial charge in [-0.2, -0.15) is 0 Å². The molecule has 0 spiro atoms. The summed E-state index contributed by atoms with van der Waals surface area (Å²) in [7, 11) is 3.87. The third kappa shape index (κ3) is 4.01. The molecule has 0 radical (unpaired) electrons. The van der Waals surface area contributed by atoms with Gasteiger partial charge in [-0.1, -0.05) is 0 Å². The molecule has 5 heteroatoms. The van der Waals surface area contributed by atoms with Crippen LogP contribution in [0.15, 0.2) is 0 Å². The normalized spacial score (nSPS) is 19.5. The van der Waals surface area contributed by atoms with Crippen molar-refractivity contribution >= 4 is 17.0 Å². The molecular formula is C10H23N3OS. The van der Waals surface area contributed by atoms with E-state index in [1.807, 2.05) is 23.9 Å². The fourth-order valence-electron chi connectivity index (χ4n) is 1.72. The lowest BCUT2D eigenvalue weighted by molar-refractivity contribution is -0.132. The van der Waals surface area contributed by atoms with E-state index in [1.54, 1.807) is 0 Å². The number of hydrogen-bond donors (Lipinski definition) is 1. The van der Waals surface area contributed by atoms with Crippen LogP contribution >= 0.6 is 11.1 Å². The number of nitrogens with zero attached hydrogens (tertiary/aromatic N) is 3. The Morgan fingerprint density at radius 1 is 1.20 bits per heavy atom. The number of rotatable bonds is 3. The SMILES string of the molecule is CN(C)CC(=O)N1CCN([SH](C)C)CC1. The number of thiol groups is 1. The third-order valence-corrected chi connectivity index (χ3v) is 4.16. The molecule has 1 heterocycles. The molecule has 1 saturated heterocycles. The Bertz CT molecular complexity index is 213. The predicted molar refractivity (Wildman–Crippen MR) is 67.5 cm³/mol. The Hall–Kier alpha value is -0.260. The van der Waals surface area contributed by atoms with E-state index in [0.717, 1.165) is 26.2 Å². The van der Waals surface area contributed by atoms with Gasteiger partial charge in [-0.3, -0.25) is 9.10 Å². The summed E-state index contributed by atoms with van der Waals surface area (Å²) in [6, 6.07) is 0. The van der Waals surface area contributed by atoms with Gasteiger partial charge < -0.3 is 9.80 Å². The zero-order valence-corrected chi connectivity index (χ0v) is 11.1. The maximum absolute atomic E-state index is 11.8. The summed E-state index contributed by atoms with van der Waals surface area (Å²) in [6.45, 7) is 4.41. The maximum atomic E-state index is 11.8. The van der Waals surface area contributed by atoms with Crippen molar-refractivity contribution < 1.29 is 4.79 Å². The van der Waals surface area contributed by atoms with Gasteiger partial charge in [0.05, 0.1) is 6.54 Å². The minimum absolute atomic E-state index is 0.0113. The molecule has 1 amide bonds. The Kier molecular flexibility index (Phi) is 4.89. The Balaban J connectivity index is 2.34. The molecule has 0 atom stereocenters. The molecule has 0 aromatic rings. The molecular weight excluding hydrogens is 210 g/mol. The fourth-order valence-corrected chi connectivity index (χ4v) is 2.69. The molecule has 0 bridgehead atoms. The standard InChI is InChI=1S/C10H23N3OS/c1-11(2)9-10(14)12-5-7-13(8-6-12)15(3)4/h15H,5-9H2,1-4H3. The molecule has 0 unspecified atom stereocenters. The summed E-state index contributed by atoms with van der Waals surface area (Å²) >= 11 is 0.0113. The number of piperazine rings is 1. The van der Waals surface area contributed by atoms with Gasteiger partial charge in [0.2, 0.25) is 5.91 Å². The molecule has 0 aromatic heterocycles. The highest BCUT2D eigenvalue weighted by atomic mass is 32.2. The van der Waals surface area contributed by atoms with Crippen molar-refractivity contribution in [2.45, 2.75) is 0 Å². The highest BCUT2D eigenvalue weighted by Gasteiger charge is 2.21. The predicted octanol–water partition coefficient (Wildman–Crippen LogP) is -0.132. The second kappa shape index (κ2) is 5.72. The summed E-state index contributed by atoms with van der Waals surface area (Å²) in [4.78, 5) is 15.7. The fraction of sp³-hybridized carbons (Fsp3) is 0.900. The van der Waals surface area contributed by atoms with Crippen LogP contribution in [-0.4, -0.2) is 79.3 Å². The first-order valence-electron chi connectivity index (χ1n) is 5.35. The second-order valence-corrected chi connectivity index (χ2v) is 6.68. The van der Waals surface area contributed by atoms with E-state index in [-0.39, 0.29) is 17.0 Å². The zero-order chi connectivity index (χ0) is 11.4. The van der Waals surface area contributed by atoms with Gasteiger partial charge in [0.25, 0.3) is 0 Å². The minimum Gasteiger partial charge on any atom is -0.339 e. The number of carbonyl (C=O) groups is 1. The van der Waals surface area contributed by atoms with Gasteiger partial charge in [-0.15, -0.1) is 0 Å². The smallest absolute Gasteiger partial charge is 0.236 e. The Labute approximate surface area is 95.7 Å². The van der Waals surface area contributed by atoms with Gasteiger partial charge in [0.1, 0.15) is 0 Å². The molecule has 0 aliphatic carbocycles. The van der Waals surface area contributed by atoms with Crippen molar-refractivity contribution in [3.05, 3.63) is 0 Å². The maximum Gasteiger partial charge on any atom is 0.236 e. The van der Waals surface area contributed by atoms with Crippen molar-refractivity contribution in [2.24, 2.45) is 0 Å². The molecule has 15 heavy (non-hydrogen) atoms. The monoisotopic (exact) mass is 233 g/mol. The van der Waals surface area contributed by atoms with Gasteiger partial charge >= 0.3 is 0 Å². The summed E-state index contributed by atoms with van der Waals surface area (Å²) < 4.78 is 2.48. The Morgan fingerprint density at radius 2 is 1.73 bits per heavy atom. The highest BCUT2D eigenvalue weighted by molar-refractivity contribution is 8.13. The first-order valence-corrected chi connectivity index (χ1v) is 7.54. The molecule has 1 aliphatic heterocycles. The molecule has 0 N–H and O–H groups in total. The van der Waals surface area contributed by atoms with E-state index in [9.17, 15) is 4.79 Å². The molecule has 1 fully saturated rings. The number of carbonyl (C=O) groups excluding carboxylic acids is 1. The first kappa shape index (κ1) is 12.8. The van der Waals surface area contributed by atoms with Crippen LogP contribution in [0.5, 0.6) is 0 Å². The van der Waals surface area contributed by atoms with Crippen LogP contribution in [0.1, 0.15) is 0 Å². The molecule has 90 valence electrons. The van der Waals surface area contributed by atoms with Crippen molar-refractivity contribution in [3.63, 3.8) is 0 Å². The van der Waals surface area contributed by atoms with E-state index >= 15 is 0 Å². The molecule has 1 rings (SSSR count). The van der Waals surface area contributed by atoms with Crippen molar-refractivity contribution in [2.75, 3.05) is 59.3 Å². The summed E-state index contributed by atoms with van der Waals surface area (Å²) in [5, 5.41) is 0. The number of amides is 1. The number of likely N-dealkylation sites (N-methyl/N-ethyl adjacent to an activating group) is 1. The van der Waals surface area contributed by atoms with E-state index in [2.05, 4.69) is 16.8 Å². The largest absolute Gasteiger partial charge is 0.339 e. The first-order chi connectivity index (χ1) is 7.00. The van der Waals surface area contributed by atoms with Crippen molar-refractivity contribution in [1.82, 2.24) is 14.1 Å². The Morgan fingerprint density at radius 3 is 2.13 bits per heavy atom. The van der Waals surface area contributed by atoms with Crippen LogP contribution in [0.25, 0.3) is 0 Å². The zero-order valence-electron chi connectivity index (χ0n) is 10.2. The average Bonchev–Trinajstić information content (AvgIpc) is 2.17. The summed E-state index contributed by atoms with van der Waals surface area (Å²) in [5.74, 6) is 0.260. The van der Waals surface area contributed by atoms with Crippen molar-refractivity contribution in [1.29, 1.82) is 0 Å². The summed E-state index contributed by atoms with van der Waals surface area (Å²) in [5.41, 5.74) is 0. The topological polar surface area (TPSA) is 26.8 Å². The summed E-state index contributed by atoms with van der Waals surface area (Å²) in [6.07, 6.45) is 4.54. The van der Waals surface area contributed by atoms with Crippen molar-refractivity contribution in [3.8, 4) is 0 Å². The second-order valence-electron chi connectivity index (χ2n) is 4.42. The van der Waals surface area contributed by atoms with Gasteiger partial charge in [0, 0.05) is 26.2 Å². The van der Waals surface area contributed by atoms with Crippen LogP contribution in [0.4, 0.5) is 0 Å². The van der Waals surface area contributed by atoms with E-state index in [4.69, 9.17) is 0 Å². The van der Waals surface area contributed by atoms with Gasteiger partial charge in [-0.25, -0.2) is 11.1 Å². The van der Waals surface area contributed by atoms with E-state index in [0.29, 0.717) is 6.54 Å². The lowest BCUT2D eigenvalue weighted by atomic mass is 10.3. The lowest BCUT2D eigenvalue weighted by Gasteiger charge is -2.38. The minimum atomic E-state index is 0.0113. The quantitative estimate of drug-likeness (QED) is 0.688. The van der Waals surface area contributed by atoms with Crippen LogP contribution in [0.2, 0.25) is 0 Å². The van der Waals surface area contributed by atoms with Crippen LogP contribution in [-0.2, 0) is 4.79 Å². The van der Waals surface area contributed by atoms with E-state index in [1.165, 1.54) is 0 Å². The molecule has 1 aliphatic rings. The average molecular weight is 233 g/mol. The van der Waals surface area contributed by atoms with Crippen LogP contribution in [0.3, 0.4) is 0 Å². The van der Waals surface area contributed by atoms with E-state index < -0.39 is 0 Å². The van der Waals surface area contributed by atoms with Crippen LogP contribution in [0, 0.1) is 0 Å². The van der Waals surface area contributed by atoms with Gasteiger partial charge in [-0.05, 0) is 26.6 Å². The van der Waals surface area contributed by atoms with Gasteiger partial charge in [0.15, 0.2) is 0 Å². The highest BCUT2D eigenvalue weighted by Crippen LogP contribution is 2.22. The molecule has 0 aromatic carbocycles. The van der Waals surface area contributed by atoms with Crippen LogP contribution < -0.4 is 0 Å². The lowest BCUT2D eigenvalue weighted by Crippen LogP contribution is -2.49. The molecule has 4 nitrogen and oxygen atoms in total. The molecule has 0 saturated carbocycles. The number of hydrogen-bond acceptors (Lipinski definition) is 3.